The number of carbonyl (C=O) groups is 3. The van der Waals surface area contributed by atoms with Gasteiger partial charge in [0.1, 0.15) is 11.2 Å². The van der Waals surface area contributed by atoms with Crippen molar-refractivity contribution in [1.82, 2.24) is 4.90 Å². The average molecular weight is 531 g/mol. The van der Waals surface area contributed by atoms with E-state index in [4.69, 9.17) is 9.47 Å². The Balaban J connectivity index is 1.88. The molecule has 7 nitrogen and oxygen atoms in total. The first-order valence-electron chi connectivity index (χ1n) is 12.2. The molecule has 2 amide bonds. The van der Waals surface area contributed by atoms with Crippen molar-refractivity contribution >= 4 is 23.7 Å². The maximum absolute atomic E-state index is 15.2. The van der Waals surface area contributed by atoms with E-state index in [-0.39, 0.29) is 36.9 Å². The number of esters is 1. The number of alkyl halides is 4. The van der Waals surface area contributed by atoms with Crippen LogP contribution in [0.2, 0.25) is 0 Å². The topological polar surface area (TPSA) is 76.2 Å². The van der Waals surface area contributed by atoms with Gasteiger partial charge in [0, 0.05) is 31.2 Å². The molecule has 0 spiro atoms. The van der Waals surface area contributed by atoms with Gasteiger partial charge in [-0.3, -0.25) is 9.59 Å². The molecule has 0 bridgehead atoms. The van der Waals surface area contributed by atoms with E-state index in [0.717, 1.165) is 12.1 Å². The van der Waals surface area contributed by atoms with Gasteiger partial charge in [-0.05, 0) is 72.1 Å². The van der Waals surface area contributed by atoms with Crippen LogP contribution in [-0.2, 0) is 25.2 Å². The lowest BCUT2D eigenvalue weighted by molar-refractivity contribution is -0.160. The molecule has 37 heavy (non-hydrogen) atoms. The van der Waals surface area contributed by atoms with Crippen LogP contribution < -0.4 is 4.90 Å². The number of imide groups is 1. The molecule has 2 fully saturated rings. The molecule has 0 unspecified atom stereocenters. The van der Waals surface area contributed by atoms with E-state index in [9.17, 15) is 27.6 Å². The molecular formula is C26H34F4N2O5. The molecule has 0 aromatic heterocycles. The second-order valence-corrected chi connectivity index (χ2v) is 11.5. The molecule has 0 radical (unpaired) electrons. The summed E-state index contributed by atoms with van der Waals surface area (Å²) in [7, 11) is 0. The van der Waals surface area contributed by atoms with Gasteiger partial charge in [-0.2, -0.15) is 13.2 Å². The molecule has 206 valence electrons. The summed E-state index contributed by atoms with van der Waals surface area (Å²) in [5.41, 5.74) is -2.17. The largest absolute Gasteiger partial charge is 0.460 e. The van der Waals surface area contributed by atoms with Gasteiger partial charge in [-0.15, -0.1) is 0 Å². The molecule has 2 heterocycles. The number of ether oxygens (including phenoxy) is 2. The Morgan fingerprint density at radius 2 is 1.51 bits per heavy atom. The van der Waals surface area contributed by atoms with E-state index in [0.29, 0.717) is 17.7 Å². The van der Waals surface area contributed by atoms with Crippen LogP contribution in [0.4, 0.5) is 28.0 Å². The monoisotopic (exact) mass is 530 g/mol. The highest BCUT2D eigenvalue weighted by atomic mass is 19.4. The quantitative estimate of drug-likeness (QED) is 0.382. The van der Waals surface area contributed by atoms with Gasteiger partial charge < -0.3 is 14.4 Å². The summed E-state index contributed by atoms with van der Waals surface area (Å²) in [4.78, 5) is 39.8. The fourth-order valence-corrected chi connectivity index (χ4v) is 4.49. The second-order valence-electron chi connectivity index (χ2n) is 11.5. The Hall–Kier alpha value is -2.85. The zero-order valence-electron chi connectivity index (χ0n) is 21.9. The number of carbonyl (C=O) groups excluding carboxylic acids is 3. The molecule has 0 N–H and O–H groups in total. The summed E-state index contributed by atoms with van der Waals surface area (Å²) in [6.07, 6.45) is -7.07. The first-order chi connectivity index (χ1) is 16.9. The molecular weight excluding hydrogens is 496 g/mol. The normalized spacial score (nSPS) is 21.8. The molecule has 1 aromatic carbocycles. The third kappa shape index (κ3) is 6.93. The molecule has 3 rings (SSSR count). The second kappa shape index (κ2) is 10.1. The Labute approximate surface area is 214 Å². The van der Waals surface area contributed by atoms with Crippen molar-refractivity contribution in [2.45, 2.75) is 83.9 Å². The van der Waals surface area contributed by atoms with E-state index in [2.05, 4.69) is 0 Å². The zero-order valence-corrected chi connectivity index (χ0v) is 21.9. The fourth-order valence-electron chi connectivity index (χ4n) is 4.49. The van der Waals surface area contributed by atoms with Crippen molar-refractivity contribution in [2.24, 2.45) is 5.92 Å². The molecule has 2 atom stereocenters. The highest BCUT2D eigenvalue weighted by Crippen LogP contribution is 2.41. The lowest BCUT2D eigenvalue weighted by Crippen LogP contribution is -2.39. The van der Waals surface area contributed by atoms with Gasteiger partial charge >= 0.3 is 18.2 Å². The molecule has 2 aliphatic heterocycles. The molecule has 1 aromatic rings. The van der Waals surface area contributed by atoms with Crippen molar-refractivity contribution < 1.29 is 41.4 Å². The summed E-state index contributed by atoms with van der Waals surface area (Å²) in [6.45, 7) is 10.2. The molecule has 0 saturated carbocycles. The number of hydrogen-bond acceptors (Lipinski definition) is 6. The predicted molar refractivity (Wildman–Crippen MR) is 128 cm³/mol. The van der Waals surface area contributed by atoms with E-state index in [1.54, 1.807) is 46.4 Å². The lowest BCUT2D eigenvalue weighted by Gasteiger charge is -2.36. The summed E-state index contributed by atoms with van der Waals surface area (Å²) in [6, 6.07) is 2.96. The van der Waals surface area contributed by atoms with Crippen LogP contribution in [0.25, 0.3) is 0 Å². The van der Waals surface area contributed by atoms with Crippen molar-refractivity contribution in [1.29, 1.82) is 0 Å². The van der Waals surface area contributed by atoms with Crippen molar-refractivity contribution in [3.8, 4) is 0 Å². The van der Waals surface area contributed by atoms with Gasteiger partial charge in [0.15, 0.2) is 6.17 Å². The standard InChI is InChI=1S/C26H34F4N2O5/c1-24(2,3)36-22(34)15-9-11-31(12-10-15)19-13-16(26(28,29)30)7-8-17(19)18-14-32(21(33)20(18)27)23(35)37-25(4,5)6/h7-8,13,15,18,20H,9-12,14H2,1-6H3/t18-,20-/m1/s1. The van der Waals surface area contributed by atoms with Crippen LogP contribution in [0, 0.1) is 5.92 Å². The summed E-state index contributed by atoms with van der Waals surface area (Å²) >= 11 is 0. The highest BCUT2D eigenvalue weighted by molar-refractivity contribution is 5.97. The Bertz CT molecular complexity index is 1040. The summed E-state index contributed by atoms with van der Waals surface area (Å²) in [5, 5.41) is 0. The average Bonchev–Trinajstić information content (AvgIpc) is 3.05. The number of rotatable bonds is 3. The summed E-state index contributed by atoms with van der Waals surface area (Å²) in [5.74, 6) is -3.03. The molecule has 0 aliphatic carbocycles. The lowest BCUT2D eigenvalue weighted by atomic mass is 9.91. The number of piperidine rings is 1. The van der Waals surface area contributed by atoms with Gasteiger partial charge in [0.2, 0.25) is 0 Å². The van der Waals surface area contributed by atoms with Crippen molar-refractivity contribution in [3.63, 3.8) is 0 Å². The molecule has 11 heteroatoms. The first-order valence-corrected chi connectivity index (χ1v) is 12.2. The van der Waals surface area contributed by atoms with Crippen LogP contribution >= 0.6 is 0 Å². The Kier molecular flexibility index (Phi) is 7.86. The van der Waals surface area contributed by atoms with Crippen molar-refractivity contribution in [3.05, 3.63) is 29.3 Å². The number of anilines is 1. The van der Waals surface area contributed by atoms with Crippen LogP contribution in [0.15, 0.2) is 18.2 Å². The van der Waals surface area contributed by atoms with Gasteiger partial charge in [-0.25, -0.2) is 14.1 Å². The molecule has 2 aliphatic rings. The minimum absolute atomic E-state index is 0.129. The summed E-state index contributed by atoms with van der Waals surface area (Å²) < 4.78 is 66.5. The Morgan fingerprint density at radius 1 is 0.946 bits per heavy atom. The van der Waals surface area contributed by atoms with E-state index in [1.165, 1.54) is 6.07 Å². The maximum Gasteiger partial charge on any atom is 0.417 e. The number of nitrogens with zero attached hydrogens (tertiary/aromatic N) is 2. The maximum atomic E-state index is 15.2. The minimum atomic E-state index is -4.63. The SMILES string of the molecule is CC(C)(C)OC(=O)C1CCN(c2cc(C(F)(F)F)ccc2[C@H]2CN(C(=O)OC(C)(C)C)C(=O)[C@@H]2F)CC1. The minimum Gasteiger partial charge on any atom is -0.460 e. The van der Waals surface area contributed by atoms with Crippen molar-refractivity contribution in [2.75, 3.05) is 24.5 Å². The Morgan fingerprint density at radius 3 is 2.03 bits per heavy atom. The van der Waals surface area contributed by atoms with E-state index in [1.807, 2.05) is 0 Å². The number of benzene rings is 1. The van der Waals surface area contributed by atoms with Crippen LogP contribution in [-0.4, -0.2) is 59.9 Å². The van der Waals surface area contributed by atoms with Crippen LogP contribution in [0.3, 0.4) is 0 Å². The van der Waals surface area contributed by atoms with Crippen LogP contribution in [0.1, 0.15) is 71.4 Å². The predicted octanol–water partition coefficient (Wildman–Crippen LogP) is 5.46. The van der Waals surface area contributed by atoms with Gasteiger partial charge in [0.25, 0.3) is 5.91 Å². The number of halogens is 4. The number of amides is 2. The third-order valence-electron chi connectivity index (χ3n) is 6.18. The van der Waals surface area contributed by atoms with E-state index >= 15 is 4.39 Å². The smallest absolute Gasteiger partial charge is 0.417 e. The number of hydrogen-bond donors (Lipinski definition) is 0. The number of likely N-dealkylation sites (tertiary alicyclic amines) is 1. The van der Waals surface area contributed by atoms with Crippen LogP contribution in [0.5, 0.6) is 0 Å². The van der Waals surface area contributed by atoms with E-state index < -0.39 is 52.9 Å². The van der Waals surface area contributed by atoms with Gasteiger partial charge in [0.05, 0.1) is 11.5 Å². The molecule has 2 saturated heterocycles. The fraction of sp³-hybridized carbons (Fsp3) is 0.654. The highest BCUT2D eigenvalue weighted by Gasteiger charge is 2.47. The first kappa shape index (κ1) is 28.7. The third-order valence-corrected chi connectivity index (χ3v) is 6.18. The zero-order chi connectivity index (χ0) is 27.9. The van der Waals surface area contributed by atoms with Gasteiger partial charge in [-0.1, -0.05) is 6.07 Å².